The Bertz CT molecular complexity index is 1240. The Labute approximate surface area is 124 Å². The highest BCUT2D eigenvalue weighted by atomic mass is 16.1. The minimum atomic E-state index is -0.261. The molecule has 0 fully saturated rings. The van der Waals surface area contributed by atoms with Crippen LogP contribution in [0.15, 0.2) is 65.5 Å². The molecule has 0 spiro atoms. The van der Waals surface area contributed by atoms with Gasteiger partial charge in [0, 0.05) is 16.3 Å². The zero-order valence-electron chi connectivity index (χ0n) is 11.6. The van der Waals surface area contributed by atoms with Crippen LogP contribution in [0.4, 0.5) is 0 Å². The highest BCUT2D eigenvalue weighted by molar-refractivity contribution is 6.09. The number of aromatic amines is 1. The maximum Gasteiger partial charge on any atom is 0.354 e. The third kappa shape index (κ3) is 1.36. The predicted octanol–water partition coefficient (Wildman–Crippen LogP) is 3.48. The summed E-state index contributed by atoms with van der Waals surface area (Å²) in [4.78, 5) is 20.2. The third-order valence-corrected chi connectivity index (χ3v) is 4.17. The van der Waals surface area contributed by atoms with Crippen LogP contribution in [0.3, 0.4) is 0 Å². The number of hydrogen-bond donors (Lipinski definition) is 1. The zero-order chi connectivity index (χ0) is 14.7. The highest BCUT2D eigenvalue weighted by Gasteiger charge is 2.11. The minimum absolute atomic E-state index is 0.261. The molecule has 104 valence electrons. The number of benzene rings is 3. The lowest BCUT2D eigenvalue weighted by Gasteiger charge is -2.12. The molecule has 4 nitrogen and oxygen atoms in total. The monoisotopic (exact) mass is 285 g/mol. The molecule has 0 unspecified atom stereocenters. The fourth-order valence-electron chi connectivity index (χ4n) is 3.23. The van der Waals surface area contributed by atoms with E-state index < -0.39 is 0 Å². The van der Waals surface area contributed by atoms with Gasteiger partial charge in [0.2, 0.25) is 0 Å². The maximum absolute atomic E-state index is 12.5. The van der Waals surface area contributed by atoms with Gasteiger partial charge in [-0.3, -0.25) is 0 Å². The van der Waals surface area contributed by atoms with Crippen molar-refractivity contribution in [3.8, 4) is 0 Å². The van der Waals surface area contributed by atoms with Crippen LogP contribution in [0.2, 0.25) is 0 Å². The molecule has 3 aromatic carbocycles. The molecule has 2 aromatic heterocycles. The Kier molecular flexibility index (Phi) is 2.07. The lowest BCUT2D eigenvalue weighted by atomic mass is 10.1. The lowest BCUT2D eigenvalue weighted by molar-refractivity contribution is 1.04. The van der Waals surface area contributed by atoms with Crippen LogP contribution in [-0.2, 0) is 0 Å². The number of para-hydroxylation sites is 1. The summed E-state index contributed by atoms with van der Waals surface area (Å²) in [6, 6.07) is 19.8. The van der Waals surface area contributed by atoms with E-state index in [0.29, 0.717) is 5.52 Å². The molecule has 0 saturated heterocycles. The highest BCUT2D eigenvalue weighted by Crippen LogP contribution is 2.27. The van der Waals surface area contributed by atoms with Gasteiger partial charge in [0.05, 0.1) is 11.0 Å². The van der Waals surface area contributed by atoms with Gasteiger partial charge < -0.3 is 4.98 Å². The van der Waals surface area contributed by atoms with Crippen molar-refractivity contribution in [1.82, 2.24) is 14.4 Å². The predicted molar refractivity (Wildman–Crippen MR) is 88.3 cm³/mol. The van der Waals surface area contributed by atoms with Crippen molar-refractivity contribution < 1.29 is 0 Å². The van der Waals surface area contributed by atoms with E-state index in [9.17, 15) is 4.79 Å². The van der Waals surface area contributed by atoms with E-state index in [-0.39, 0.29) is 5.69 Å². The van der Waals surface area contributed by atoms with Crippen LogP contribution in [0.5, 0.6) is 0 Å². The topological polar surface area (TPSA) is 50.2 Å². The summed E-state index contributed by atoms with van der Waals surface area (Å²) < 4.78 is 1.66. The molecule has 0 bridgehead atoms. The first-order valence-corrected chi connectivity index (χ1v) is 7.14. The van der Waals surface area contributed by atoms with E-state index in [4.69, 9.17) is 0 Å². The molecule has 0 saturated carbocycles. The third-order valence-electron chi connectivity index (χ3n) is 4.17. The van der Waals surface area contributed by atoms with Gasteiger partial charge in [0.25, 0.3) is 0 Å². The Morgan fingerprint density at radius 2 is 1.73 bits per heavy atom. The molecule has 4 heteroatoms. The Hall–Kier alpha value is -3.14. The number of nitrogens with one attached hydrogen (secondary N) is 1. The van der Waals surface area contributed by atoms with Crippen molar-refractivity contribution in [3.05, 3.63) is 71.1 Å². The van der Waals surface area contributed by atoms with Crippen LogP contribution in [0.1, 0.15) is 0 Å². The van der Waals surface area contributed by atoms with E-state index in [0.717, 1.165) is 32.8 Å². The van der Waals surface area contributed by atoms with Gasteiger partial charge in [-0.1, -0.05) is 36.4 Å². The molecule has 1 N–H and O–H groups in total. The van der Waals surface area contributed by atoms with E-state index >= 15 is 0 Å². The average molecular weight is 285 g/mol. The summed E-state index contributed by atoms with van der Waals surface area (Å²) >= 11 is 0. The van der Waals surface area contributed by atoms with Gasteiger partial charge >= 0.3 is 5.69 Å². The van der Waals surface area contributed by atoms with Gasteiger partial charge in [0.15, 0.2) is 0 Å². The number of aromatic nitrogens is 3. The molecule has 5 rings (SSSR count). The number of nitrogens with zero attached hydrogens (tertiary/aromatic N) is 2. The van der Waals surface area contributed by atoms with Gasteiger partial charge in [-0.2, -0.15) is 4.98 Å². The van der Waals surface area contributed by atoms with Gasteiger partial charge in [-0.05, 0) is 29.7 Å². The lowest BCUT2D eigenvalue weighted by Crippen LogP contribution is -2.18. The molecule has 5 aromatic rings. The minimum Gasteiger partial charge on any atom is -0.340 e. The second-order valence-corrected chi connectivity index (χ2v) is 5.40. The van der Waals surface area contributed by atoms with Crippen molar-refractivity contribution in [2.45, 2.75) is 0 Å². The summed E-state index contributed by atoms with van der Waals surface area (Å²) in [7, 11) is 0. The molecular weight excluding hydrogens is 274 g/mol. The zero-order valence-corrected chi connectivity index (χ0v) is 11.6. The van der Waals surface area contributed by atoms with Crippen LogP contribution in [0.25, 0.3) is 38.4 Å². The second-order valence-electron chi connectivity index (χ2n) is 5.40. The molecule has 0 aliphatic rings. The largest absolute Gasteiger partial charge is 0.354 e. The Morgan fingerprint density at radius 1 is 0.909 bits per heavy atom. The van der Waals surface area contributed by atoms with Crippen LogP contribution in [-0.4, -0.2) is 14.4 Å². The first-order valence-electron chi connectivity index (χ1n) is 7.14. The Morgan fingerprint density at radius 3 is 2.64 bits per heavy atom. The molecule has 22 heavy (non-hydrogen) atoms. The molecule has 0 aliphatic heterocycles. The number of H-pyrrole nitrogens is 1. The van der Waals surface area contributed by atoms with Crippen molar-refractivity contribution in [2.75, 3.05) is 0 Å². The number of hydrogen-bond acceptors (Lipinski definition) is 2. The average Bonchev–Trinajstić information content (AvgIpc) is 2.55. The summed E-state index contributed by atoms with van der Waals surface area (Å²) in [5.74, 6) is 0. The fourth-order valence-corrected chi connectivity index (χ4v) is 3.23. The van der Waals surface area contributed by atoms with Crippen LogP contribution >= 0.6 is 0 Å². The molecule has 0 amide bonds. The molecule has 0 atom stereocenters. The maximum atomic E-state index is 12.5. The van der Waals surface area contributed by atoms with E-state index in [1.807, 2.05) is 48.5 Å². The van der Waals surface area contributed by atoms with Crippen LogP contribution < -0.4 is 5.69 Å². The van der Waals surface area contributed by atoms with E-state index in [1.165, 1.54) is 0 Å². The molecule has 2 heterocycles. The smallest absolute Gasteiger partial charge is 0.340 e. The molecule has 0 aliphatic carbocycles. The standard InChI is InChI=1S/C18H11N3O/c22-18-20-13-8-2-1-7-12(13)17-19-14-9-3-5-11-6-4-10-15(16(11)14)21(17)18/h1-10,19H. The summed E-state index contributed by atoms with van der Waals surface area (Å²) in [6.45, 7) is 0. The van der Waals surface area contributed by atoms with Gasteiger partial charge in [-0.15, -0.1) is 0 Å². The van der Waals surface area contributed by atoms with Crippen molar-refractivity contribution in [2.24, 2.45) is 0 Å². The van der Waals surface area contributed by atoms with Gasteiger partial charge in [0.1, 0.15) is 5.65 Å². The fraction of sp³-hybridized carbons (Fsp3) is 0. The van der Waals surface area contributed by atoms with Crippen molar-refractivity contribution >= 4 is 38.4 Å². The molecular formula is C18H11N3O. The SMILES string of the molecule is O=c1nc2ccccc2c2[nH]c3cccc4cccc(c43)n12. The second kappa shape index (κ2) is 3.95. The first-order chi connectivity index (χ1) is 10.8. The summed E-state index contributed by atoms with van der Waals surface area (Å²) in [5, 5.41) is 3.10. The quantitative estimate of drug-likeness (QED) is 0.350. The first kappa shape index (κ1) is 11.5. The van der Waals surface area contributed by atoms with E-state index in [1.54, 1.807) is 4.40 Å². The van der Waals surface area contributed by atoms with E-state index in [2.05, 4.69) is 22.1 Å². The number of rotatable bonds is 0. The summed E-state index contributed by atoms with van der Waals surface area (Å²) in [5.41, 5.74) is 3.12. The summed E-state index contributed by atoms with van der Waals surface area (Å²) in [6.07, 6.45) is 0. The van der Waals surface area contributed by atoms with Crippen molar-refractivity contribution in [1.29, 1.82) is 0 Å². The van der Waals surface area contributed by atoms with Crippen molar-refractivity contribution in [3.63, 3.8) is 0 Å². The Balaban J connectivity index is 2.23. The molecule has 0 radical (unpaired) electrons. The normalized spacial score (nSPS) is 11.8. The number of fused-ring (bicyclic) bond motifs is 4. The van der Waals surface area contributed by atoms with Crippen LogP contribution in [0, 0.1) is 0 Å². The van der Waals surface area contributed by atoms with Gasteiger partial charge in [-0.25, -0.2) is 9.20 Å².